The molecule has 1 aromatic heterocycles. The quantitative estimate of drug-likeness (QED) is 0.519. The zero-order valence-electron chi connectivity index (χ0n) is 16.0. The van der Waals surface area contributed by atoms with Gasteiger partial charge in [-0.2, -0.15) is 0 Å². The van der Waals surface area contributed by atoms with Gasteiger partial charge in [-0.15, -0.1) is 0 Å². The summed E-state index contributed by atoms with van der Waals surface area (Å²) < 4.78 is 0. The van der Waals surface area contributed by atoms with E-state index in [2.05, 4.69) is 22.3 Å². The molecular weight excluding hydrogens is 358 g/mol. The molecule has 1 amide bonds. The fourth-order valence-electron chi connectivity index (χ4n) is 3.44. The molecule has 0 radical (unpaired) electrons. The monoisotopic (exact) mass is 383 g/mol. The van der Waals surface area contributed by atoms with Crippen molar-refractivity contribution < 1.29 is 14.8 Å². The fourth-order valence-corrected chi connectivity index (χ4v) is 3.44. The highest BCUT2D eigenvalue weighted by atomic mass is 16.5. The first kappa shape index (κ1) is 19.9. The van der Waals surface area contributed by atoms with Gasteiger partial charge in [-0.3, -0.25) is 20.2 Å². The third kappa shape index (κ3) is 4.52. The number of anilines is 1. The normalized spacial score (nSPS) is 21.0. The van der Waals surface area contributed by atoms with Crippen LogP contribution in [0.1, 0.15) is 48.5 Å². The SMILES string of the molecule is CC1CCN(Nc2ncc(C(=O)NO)cn2)[C@@H](C(=O)C(C)c2ccccc2)C1. The van der Waals surface area contributed by atoms with Crippen LogP contribution in [-0.2, 0) is 4.79 Å². The zero-order chi connectivity index (χ0) is 20.1. The van der Waals surface area contributed by atoms with Crippen molar-refractivity contribution in [2.75, 3.05) is 12.0 Å². The van der Waals surface area contributed by atoms with E-state index in [0.29, 0.717) is 18.4 Å². The maximum Gasteiger partial charge on any atom is 0.277 e. The number of piperidine rings is 1. The number of benzene rings is 1. The topological polar surface area (TPSA) is 107 Å². The largest absolute Gasteiger partial charge is 0.297 e. The molecule has 1 aromatic carbocycles. The highest BCUT2D eigenvalue weighted by molar-refractivity contribution is 5.92. The van der Waals surface area contributed by atoms with Crippen molar-refractivity contribution in [3.8, 4) is 0 Å². The molecule has 3 N–H and O–H groups in total. The summed E-state index contributed by atoms with van der Waals surface area (Å²) in [7, 11) is 0. The van der Waals surface area contributed by atoms with E-state index in [0.717, 1.165) is 18.4 Å². The molecule has 8 heteroatoms. The predicted octanol–water partition coefficient (Wildman–Crippen LogP) is 2.40. The van der Waals surface area contributed by atoms with Crippen molar-refractivity contribution in [3.05, 3.63) is 53.9 Å². The Labute approximate surface area is 163 Å². The molecule has 1 aliphatic rings. The maximum absolute atomic E-state index is 13.2. The number of carbonyl (C=O) groups is 2. The molecule has 8 nitrogen and oxygen atoms in total. The number of rotatable bonds is 6. The summed E-state index contributed by atoms with van der Waals surface area (Å²) in [6, 6.07) is 9.48. The van der Waals surface area contributed by atoms with E-state index in [1.807, 2.05) is 42.3 Å². The third-order valence-electron chi connectivity index (χ3n) is 5.18. The Morgan fingerprint density at radius 2 is 1.89 bits per heavy atom. The van der Waals surface area contributed by atoms with Gasteiger partial charge in [0.25, 0.3) is 5.91 Å². The minimum atomic E-state index is -0.678. The molecule has 1 saturated heterocycles. The molecule has 0 aliphatic carbocycles. The van der Waals surface area contributed by atoms with Crippen molar-refractivity contribution in [1.29, 1.82) is 0 Å². The second-order valence-corrected chi connectivity index (χ2v) is 7.22. The lowest BCUT2D eigenvalue weighted by atomic mass is 9.85. The number of hydrogen-bond donors (Lipinski definition) is 3. The first-order chi connectivity index (χ1) is 13.5. The Balaban J connectivity index is 1.75. The molecule has 2 aromatic rings. The van der Waals surface area contributed by atoms with Crippen molar-refractivity contribution in [3.63, 3.8) is 0 Å². The number of carbonyl (C=O) groups excluding carboxylic acids is 2. The molecule has 148 valence electrons. The molecule has 0 spiro atoms. The van der Waals surface area contributed by atoms with E-state index in [-0.39, 0.29) is 23.3 Å². The Morgan fingerprint density at radius 1 is 1.21 bits per heavy atom. The molecule has 1 aliphatic heterocycles. The zero-order valence-corrected chi connectivity index (χ0v) is 16.0. The van der Waals surface area contributed by atoms with Gasteiger partial charge in [0.2, 0.25) is 5.95 Å². The number of aromatic nitrogens is 2. The lowest BCUT2D eigenvalue weighted by Gasteiger charge is -2.38. The second-order valence-electron chi connectivity index (χ2n) is 7.22. The van der Waals surface area contributed by atoms with Gasteiger partial charge < -0.3 is 0 Å². The van der Waals surface area contributed by atoms with Crippen molar-refractivity contribution in [1.82, 2.24) is 20.5 Å². The van der Waals surface area contributed by atoms with Crippen LogP contribution in [0, 0.1) is 5.92 Å². The summed E-state index contributed by atoms with van der Waals surface area (Å²) in [5, 5.41) is 10.6. The highest BCUT2D eigenvalue weighted by Gasteiger charge is 2.35. The number of Topliss-reactive ketones (excluding diaryl/α,β-unsaturated/α-hetero) is 1. The molecule has 3 atom stereocenters. The molecule has 2 unspecified atom stereocenters. The number of nitrogens with one attached hydrogen (secondary N) is 2. The number of hydrogen-bond acceptors (Lipinski definition) is 7. The average Bonchev–Trinajstić information content (AvgIpc) is 2.74. The molecule has 0 saturated carbocycles. The number of hydroxylamine groups is 1. The first-order valence-electron chi connectivity index (χ1n) is 9.38. The van der Waals surface area contributed by atoms with Crippen molar-refractivity contribution >= 4 is 17.6 Å². The summed E-state index contributed by atoms with van der Waals surface area (Å²) in [6.07, 6.45) is 4.35. The smallest absolute Gasteiger partial charge is 0.277 e. The molecular formula is C20H25N5O3. The Kier molecular flexibility index (Phi) is 6.33. The Hall–Kier alpha value is -2.84. The summed E-state index contributed by atoms with van der Waals surface area (Å²) in [4.78, 5) is 32.8. The van der Waals surface area contributed by atoms with E-state index in [1.165, 1.54) is 12.4 Å². The fraction of sp³-hybridized carbons (Fsp3) is 0.400. The van der Waals surface area contributed by atoms with Crippen LogP contribution in [-0.4, -0.2) is 44.5 Å². The average molecular weight is 383 g/mol. The van der Waals surface area contributed by atoms with Crippen LogP contribution < -0.4 is 10.9 Å². The minimum absolute atomic E-state index is 0.144. The molecule has 2 heterocycles. The van der Waals surface area contributed by atoms with Gasteiger partial charge in [-0.05, 0) is 24.3 Å². The second kappa shape index (κ2) is 8.90. The van der Waals surface area contributed by atoms with Gasteiger partial charge in [-0.1, -0.05) is 44.2 Å². The number of nitrogens with zero attached hydrogens (tertiary/aromatic N) is 3. The Bertz CT molecular complexity index is 812. The van der Waals surface area contributed by atoms with Gasteiger partial charge in [0, 0.05) is 24.9 Å². The molecule has 0 bridgehead atoms. The van der Waals surface area contributed by atoms with Gasteiger partial charge in [0.15, 0.2) is 5.78 Å². The standard InChI is InChI=1S/C20H25N5O3/c1-13-8-9-25(23-20-21-11-16(12-22-20)19(27)24-28)17(10-13)18(26)14(2)15-6-4-3-5-7-15/h3-7,11-14,17,28H,8-10H2,1-2H3,(H,24,27)(H,21,22,23)/t13?,14?,17-/m1/s1. The van der Waals surface area contributed by atoms with Gasteiger partial charge >= 0.3 is 0 Å². The minimum Gasteiger partial charge on any atom is -0.297 e. The number of amides is 1. The molecule has 1 fully saturated rings. The lowest BCUT2D eigenvalue weighted by Crippen LogP contribution is -2.51. The van der Waals surface area contributed by atoms with E-state index < -0.39 is 5.91 Å². The summed E-state index contributed by atoms with van der Waals surface area (Å²) >= 11 is 0. The van der Waals surface area contributed by atoms with Gasteiger partial charge in [0.05, 0.1) is 11.6 Å². The van der Waals surface area contributed by atoms with Crippen LogP contribution in [0.5, 0.6) is 0 Å². The predicted molar refractivity (Wildman–Crippen MR) is 104 cm³/mol. The van der Waals surface area contributed by atoms with E-state index in [4.69, 9.17) is 5.21 Å². The van der Waals surface area contributed by atoms with Crippen LogP contribution in [0.25, 0.3) is 0 Å². The first-order valence-corrected chi connectivity index (χ1v) is 9.38. The van der Waals surface area contributed by atoms with Crippen LogP contribution in [0.15, 0.2) is 42.7 Å². The summed E-state index contributed by atoms with van der Waals surface area (Å²) in [6.45, 7) is 4.79. The van der Waals surface area contributed by atoms with Crippen molar-refractivity contribution in [2.24, 2.45) is 5.92 Å². The van der Waals surface area contributed by atoms with E-state index in [9.17, 15) is 9.59 Å². The van der Waals surface area contributed by atoms with Crippen LogP contribution >= 0.6 is 0 Å². The summed E-state index contributed by atoms with van der Waals surface area (Å²) in [5.74, 6) is 0.0164. The van der Waals surface area contributed by atoms with Gasteiger partial charge in [0.1, 0.15) is 0 Å². The van der Waals surface area contributed by atoms with Gasteiger partial charge in [-0.25, -0.2) is 20.5 Å². The third-order valence-corrected chi connectivity index (χ3v) is 5.18. The molecule has 3 rings (SSSR count). The lowest BCUT2D eigenvalue weighted by molar-refractivity contribution is -0.126. The van der Waals surface area contributed by atoms with Crippen LogP contribution in [0.4, 0.5) is 5.95 Å². The number of ketones is 1. The van der Waals surface area contributed by atoms with E-state index >= 15 is 0 Å². The van der Waals surface area contributed by atoms with Crippen LogP contribution in [0.3, 0.4) is 0 Å². The maximum atomic E-state index is 13.2. The Morgan fingerprint density at radius 3 is 2.54 bits per heavy atom. The highest BCUT2D eigenvalue weighted by Crippen LogP contribution is 2.28. The van der Waals surface area contributed by atoms with E-state index in [1.54, 1.807) is 5.48 Å². The summed E-state index contributed by atoms with van der Waals surface area (Å²) in [5.41, 5.74) is 5.81. The van der Waals surface area contributed by atoms with Crippen LogP contribution in [0.2, 0.25) is 0 Å². The van der Waals surface area contributed by atoms with Crippen molar-refractivity contribution in [2.45, 2.75) is 38.6 Å². The number of hydrazine groups is 1. The molecule has 28 heavy (non-hydrogen) atoms.